The monoisotopic (exact) mass is 227 g/mol. The minimum Gasteiger partial charge on any atom is -0.352 e. The average Bonchev–Trinajstić information content (AvgIpc) is 2.22. The van der Waals surface area contributed by atoms with Crippen LogP contribution in [0.15, 0.2) is 18.6 Å². The summed E-state index contributed by atoms with van der Waals surface area (Å²) in [5.41, 5.74) is 0. The minimum absolute atomic E-state index is 0.0218. The molecule has 1 aliphatic rings. The molecular weight excluding hydrogens is 216 g/mol. The lowest BCUT2D eigenvalue weighted by Gasteiger charge is -2.28. The van der Waals surface area contributed by atoms with Crippen molar-refractivity contribution in [1.82, 2.24) is 10.3 Å². The van der Waals surface area contributed by atoms with Gasteiger partial charge in [-0.05, 0) is 6.92 Å². The highest BCUT2D eigenvalue weighted by Crippen LogP contribution is 2.00. The predicted octanol–water partition coefficient (Wildman–Crippen LogP) is -0.521. The molecular formula is C9H12ClN4O+. The van der Waals surface area contributed by atoms with Crippen LogP contribution < -0.4 is 15.0 Å². The number of hydrogen-bond donors (Lipinski definition) is 1. The summed E-state index contributed by atoms with van der Waals surface area (Å²) in [6.07, 6.45) is 5.08. The van der Waals surface area contributed by atoms with E-state index in [4.69, 9.17) is 11.6 Å². The maximum Gasteiger partial charge on any atom is 0.245 e. The molecule has 0 unspecified atom stereocenters. The highest BCUT2D eigenvalue weighted by atomic mass is 35.5. The van der Waals surface area contributed by atoms with E-state index in [9.17, 15) is 4.79 Å². The van der Waals surface area contributed by atoms with E-state index < -0.39 is 0 Å². The number of nitrogens with zero attached hydrogens (tertiary/aromatic N) is 3. The van der Waals surface area contributed by atoms with Crippen molar-refractivity contribution in [1.29, 1.82) is 0 Å². The molecule has 1 fully saturated rings. The van der Waals surface area contributed by atoms with Crippen molar-refractivity contribution in [2.45, 2.75) is 13.0 Å². The number of hydrogen-bond acceptors (Lipinski definition) is 3. The Kier molecular flexibility index (Phi) is 2.73. The maximum absolute atomic E-state index is 11.3. The first-order valence-corrected chi connectivity index (χ1v) is 5.11. The zero-order chi connectivity index (χ0) is 10.8. The second-order valence-corrected chi connectivity index (χ2v) is 3.90. The van der Waals surface area contributed by atoms with Gasteiger partial charge in [-0.2, -0.15) is 5.01 Å². The van der Waals surface area contributed by atoms with Crippen LogP contribution in [-0.4, -0.2) is 30.0 Å². The molecule has 1 aromatic heterocycles. The molecule has 1 aliphatic heterocycles. The summed E-state index contributed by atoms with van der Waals surface area (Å²) in [5.74, 6) is 0.0218. The van der Waals surface area contributed by atoms with Crippen molar-refractivity contribution in [2.75, 3.05) is 18.1 Å². The fraction of sp³-hybridized carbons (Fsp3) is 0.444. The van der Waals surface area contributed by atoms with E-state index in [0.717, 1.165) is 0 Å². The molecule has 2 heterocycles. The highest BCUT2D eigenvalue weighted by molar-refractivity contribution is 6.29. The number of halogens is 1. The Morgan fingerprint density at radius 3 is 3.27 bits per heavy atom. The third-order valence-electron chi connectivity index (χ3n) is 2.36. The Morgan fingerprint density at radius 2 is 2.53 bits per heavy atom. The zero-order valence-corrected chi connectivity index (χ0v) is 9.11. The molecule has 1 atom stereocenters. The summed E-state index contributed by atoms with van der Waals surface area (Å²) in [5, 5.41) is 5.15. The van der Waals surface area contributed by atoms with Crippen LogP contribution in [0.1, 0.15) is 6.92 Å². The summed E-state index contributed by atoms with van der Waals surface area (Å²) in [4.78, 5) is 15.2. The standard InChI is InChI=1S/C9H11ClN4O/c1-7-4-12-9(15)6-14(7)13-3-2-11-8(10)5-13/h2-3,5,7H,4,6H2,1H3/p+1/t7-/m0/s1. The van der Waals surface area contributed by atoms with Crippen molar-refractivity contribution in [2.24, 2.45) is 0 Å². The Balaban J connectivity index is 2.24. The molecule has 1 saturated heterocycles. The van der Waals surface area contributed by atoms with Crippen LogP contribution in [0.3, 0.4) is 0 Å². The van der Waals surface area contributed by atoms with Gasteiger partial charge in [-0.15, -0.1) is 0 Å². The van der Waals surface area contributed by atoms with E-state index in [2.05, 4.69) is 10.3 Å². The molecule has 1 N–H and O–H groups in total. The summed E-state index contributed by atoms with van der Waals surface area (Å²) in [6.45, 7) is 3.03. The second kappa shape index (κ2) is 4.02. The quantitative estimate of drug-likeness (QED) is 0.657. The molecule has 0 radical (unpaired) electrons. The molecule has 1 aromatic rings. The van der Waals surface area contributed by atoms with Crippen LogP contribution in [0.5, 0.6) is 0 Å². The molecule has 80 valence electrons. The van der Waals surface area contributed by atoms with Gasteiger partial charge in [0.25, 0.3) is 0 Å². The number of piperazine rings is 1. The number of carbonyl (C=O) groups is 1. The van der Waals surface area contributed by atoms with Crippen LogP contribution in [0.25, 0.3) is 0 Å². The Morgan fingerprint density at radius 1 is 1.73 bits per heavy atom. The Hall–Kier alpha value is -1.36. The number of aromatic nitrogens is 2. The molecule has 0 aromatic carbocycles. The van der Waals surface area contributed by atoms with Gasteiger partial charge in [-0.1, -0.05) is 16.3 Å². The van der Waals surface area contributed by atoms with Gasteiger partial charge in [-0.3, -0.25) is 4.79 Å². The number of amides is 1. The van der Waals surface area contributed by atoms with Crippen molar-refractivity contribution >= 4 is 17.5 Å². The normalized spacial score (nSPS) is 21.3. The number of nitrogens with one attached hydrogen (secondary N) is 1. The van der Waals surface area contributed by atoms with Crippen LogP contribution >= 0.6 is 11.6 Å². The predicted molar refractivity (Wildman–Crippen MR) is 55.0 cm³/mol. The van der Waals surface area contributed by atoms with Gasteiger partial charge in [0.05, 0.1) is 12.2 Å². The first-order valence-electron chi connectivity index (χ1n) is 4.73. The topological polar surface area (TPSA) is 49.1 Å². The SMILES string of the molecule is C[C@H]1CNC(=O)CN1[n+]1ccnc(Cl)c1. The molecule has 0 spiro atoms. The zero-order valence-electron chi connectivity index (χ0n) is 8.35. The summed E-state index contributed by atoms with van der Waals surface area (Å²) in [6, 6.07) is 0.242. The summed E-state index contributed by atoms with van der Waals surface area (Å²) in [7, 11) is 0. The maximum atomic E-state index is 11.3. The summed E-state index contributed by atoms with van der Waals surface area (Å²) >= 11 is 5.79. The molecule has 0 aliphatic carbocycles. The lowest BCUT2D eigenvalue weighted by Crippen LogP contribution is -2.69. The molecule has 6 heteroatoms. The van der Waals surface area contributed by atoms with Crippen molar-refractivity contribution < 1.29 is 9.47 Å². The number of carbonyl (C=O) groups excluding carboxylic acids is 1. The molecule has 5 nitrogen and oxygen atoms in total. The highest BCUT2D eigenvalue weighted by Gasteiger charge is 2.28. The Bertz CT molecular complexity index is 384. The van der Waals surface area contributed by atoms with Crippen molar-refractivity contribution in [3.63, 3.8) is 0 Å². The van der Waals surface area contributed by atoms with Gasteiger partial charge < -0.3 is 5.32 Å². The van der Waals surface area contributed by atoms with Gasteiger partial charge in [0, 0.05) is 6.54 Å². The fourth-order valence-corrected chi connectivity index (χ4v) is 1.71. The minimum atomic E-state index is 0.0218. The first kappa shape index (κ1) is 10.2. The molecule has 15 heavy (non-hydrogen) atoms. The van der Waals surface area contributed by atoms with Crippen LogP contribution in [0, 0.1) is 0 Å². The smallest absolute Gasteiger partial charge is 0.245 e. The number of rotatable bonds is 1. The molecule has 0 saturated carbocycles. The second-order valence-electron chi connectivity index (χ2n) is 3.51. The van der Waals surface area contributed by atoms with Crippen molar-refractivity contribution in [3.05, 3.63) is 23.7 Å². The Labute approximate surface area is 92.6 Å². The van der Waals surface area contributed by atoms with E-state index in [1.54, 1.807) is 23.3 Å². The average molecular weight is 228 g/mol. The molecule has 0 bridgehead atoms. The molecule has 1 amide bonds. The van der Waals surface area contributed by atoms with Gasteiger partial charge in [0.2, 0.25) is 18.3 Å². The largest absolute Gasteiger partial charge is 0.352 e. The van der Waals surface area contributed by atoms with Gasteiger partial charge in [-0.25, -0.2) is 4.98 Å². The van der Waals surface area contributed by atoms with Crippen molar-refractivity contribution in [3.8, 4) is 0 Å². The third kappa shape index (κ3) is 2.18. The fourth-order valence-electron chi connectivity index (χ4n) is 1.55. The van der Waals surface area contributed by atoms with Crippen LogP contribution in [0.4, 0.5) is 0 Å². The van der Waals surface area contributed by atoms with E-state index in [1.807, 2.05) is 11.9 Å². The summed E-state index contributed by atoms with van der Waals surface area (Å²) < 4.78 is 1.80. The van der Waals surface area contributed by atoms with Gasteiger partial charge in [0.15, 0.2) is 11.7 Å². The van der Waals surface area contributed by atoms with E-state index >= 15 is 0 Å². The van der Waals surface area contributed by atoms with E-state index in [-0.39, 0.29) is 11.9 Å². The first-order chi connectivity index (χ1) is 7.16. The lowest BCUT2D eigenvalue weighted by molar-refractivity contribution is -0.696. The van der Waals surface area contributed by atoms with E-state index in [1.165, 1.54) is 0 Å². The third-order valence-corrected chi connectivity index (χ3v) is 2.56. The van der Waals surface area contributed by atoms with Gasteiger partial charge >= 0.3 is 0 Å². The van der Waals surface area contributed by atoms with Crippen LogP contribution in [0.2, 0.25) is 5.15 Å². The van der Waals surface area contributed by atoms with Gasteiger partial charge in [0.1, 0.15) is 0 Å². The molecule has 2 rings (SSSR count). The lowest BCUT2D eigenvalue weighted by atomic mass is 10.2. The van der Waals surface area contributed by atoms with E-state index in [0.29, 0.717) is 18.2 Å². The van der Waals surface area contributed by atoms with Crippen LogP contribution in [-0.2, 0) is 4.79 Å².